The topological polar surface area (TPSA) is 66.9 Å². The highest BCUT2D eigenvalue weighted by molar-refractivity contribution is 6.21. The molecule has 0 spiro atoms. The number of nitrogens with zero attached hydrogens (tertiary/aromatic N) is 2. The molecule has 1 aliphatic rings. The molecule has 3 rings (SSSR count). The Kier molecular flexibility index (Phi) is 7.95. The SMILES string of the molecule is CCOC(=O)c1ccc2c(c1)C(=O)N(CCCCCN(CC)Cc1ccccc1)C2=O. The first-order valence-electron chi connectivity index (χ1n) is 11.0. The highest BCUT2D eigenvalue weighted by Gasteiger charge is 2.35. The van der Waals surface area contributed by atoms with Gasteiger partial charge in [-0.15, -0.1) is 0 Å². The molecule has 1 aliphatic heterocycles. The highest BCUT2D eigenvalue weighted by Crippen LogP contribution is 2.25. The van der Waals surface area contributed by atoms with Crippen LogP contribution in [0.5, 0.6) is 0 Å². The van der Waals surface area contributed by atoms with Gasteiger partial charge >= 0.3 is 5.97 Å². The van der Waals surface area contributed by atoms with Gasteiger partial charge < -0.3 is 4.74 Å². The molecule has 2 amide bonds. The van der Waals surface area contributed by atoms with Gasteiger partial charge in [-0.05, 0) is 56.6 Å². The minimum absolute atomic E-state index is 0.260. The maximum Gasteiger partial charge on any atom is 0.338 e. The Bertz CT molecular complexity index is 926. The summed E-state index contributed by atoms with van der Waals surface area (Å²) in [6, 6.07) is 15.0. The van der Waals surface area contributed by atoms with Gasteiger partial charge in [0, 0.05) is 13.1 Å². The molecule has 0 bridgehead atoms. The molecule has 31 heavy (non-hydrogen) atoms. The van der Waals surface area contributed by atoms with Gasteiger partial charge in [0.1, 0.15) is 0 Å². The van der Waals surface area contributed by atoms with E-state index in [-0.39, 0.29) is 24.0 Å². The number of benzene rings is 2. The van der Waals surface area contributed by atoms with Crippen LogP contribution in [0.2, 0.25) is 0 Å². The van der Waals surface area contributed by atoms with Crippen LogP contribution in [0.15, 0.2) is 48.5 Å². The molecular formula is C25H30N2O4. The lowest BCUT2D eigenvalue weighted by atomic mass is 10.1. The lowest BCUT2D eigenvalue weighted by Crippen LogP contribution is -2.31. The number of imide groups is 1. The number of carbonyl (C=O) groups excluding carboxylic acids is 3. The molecule has 0 saturated heterocycles. The van der Waals surface area contributed by atoms with Gasteiger partial charge in [-0.25, -0.2) is 4.79 Å². The summed E-state index contributed by atoms with van der Waals surface area (Å²) in [4.78, 5) is 40.9. The molecule has 0 fully saturated rings. The predicted octanol–water partition coefficient (Wildman–Crippen LogP) is 4.15. The van der Waals surface area contributed by atoms with E-state index in [0.29, 0.717) is 17.7 Å². The Morgan fingerprint density at radius 3 is 2.39 bits per heavy atom. The third kappa shape index (κ3) is 5.58. The second-order valence-electron chi connectivity index (χ2n) is 7.66. The maximum absolute atomic E-state index is 12.7. The third-order valence-corrected chi connectivity index (χ3v) is 5.53. The van der Waals surface area contributed by atoms with Crippen molar-refractivity contribution in [1.29, 1.82) is 0 Å². The molecule has 0 unspecified atom stereocenters. The largest absolute Gasteiger partial charge is 0.462 e. The molecule has 0 N–H and O–H groups in total. The second kappa shape index (κ2) is 10.9. The van der Waals surface area contributed by atoms with Crippen molar-refractivity contribution in [2.45, 2.75) is 39.7 Å². The summed E-state index contributed by atoms with van der Waals surface area (Å²) in [7, 11) is 0. The standard InChI is InChI=1S/C25H30N2O4/c1-3-26(18-19-11-7-5-8-12-19)15-9-6-10-16-27-23(28)21-14-13-20(25(30)31-4-2)17-22(21)24(27)29/h5,7-8,11-14,17H,3-4,6,9-10,15-16,18H2,1-2H3. The van der Waals surface area contributed by atoms with Crippen LogP contribution >= 0.6 is 0 Å². The van der Waals surface area contributed by atoms with Gasteiger partial charge in [-0.3, -0.25) is 19.4 Å². The number of unbranched alkanes of at least 4 members (excludes halogenated alkanes) is 2. The van der Waals surface area contributed by atoms with Crippen LogP contribution in [0.25, 0.3) is 0 Å². The van der Waals surface area contributed by atoms with Crippen molar-refractivity contribution in [3.8, 4) is 0 Å². The molecule has 2 aromatic carbocycles. The van der Waals surface area contributed by atoms with E-state index >= 15 is 0 Å². The third-order valence-electron chi connectivity index (χ3n) is 5.53. The maximum atomic E-state index is 12.7. The Balaban J connectivity index is 1.47. The first-order chi connectivity index (χ1) is 15.0. The Morgan fingerprint density at radius 2 is 1.68 bits per heavy atom. The average Bonchev–Trinajstić information content (AvgIpc) is 3.03. The van der Waals surface area contributed by atoms with E-state index in [1.807, 2.05) is 6.07 Å². The van der Waals surface area contributed by atoms with Crippen LogP contribution in [-0.2, 0) is 11.3 Å². The fourth-order valence-corrected chi connectivity index (χ4v) is 3.81. The summed E-state index contributed by atoms with van der Waals surface area (Å²) < 4.78 is 4.98. The zero-order chi connectivity index (χ0) is 22.2. The molecular weight excluding hydrogens is 392 g/mol. The van der Waals surface area contributed by atoms with E-state index in [2.05, 4.69) is 36.1 Å². The van der Waals surface area contributed by atoms with Crippen molar-refractivity contribution in [2.24, 2.45) is 0 Å². The Hall–Kier alpha value is -2.99. The van der Waals surface area contributed by atoms with Crippen molar-refractivity contribution >= 4 is 17.8 Å². The van der Waals surface area contributed by atoms with Gasteiger partial charge in [0.2, 0.25) is 0 Å². The molecule has 1 heterocycles. The number of esters is 1. The number of hydrogen-bond donors (Lipinski definition) is 0. The van der Waals surface area contributed by atoms with Gasteiger partial charge in [0.15, 0.2) is 0 Å². The minimum Gasteiger partial charge on any atom is -0.462 e. The summed E-state index contributed by atoms with van der Waals surface area (Å²) in [5.41, 5.74) is 2.24. The molecule has 0 aliphatic carbocycles. The fraction of sp³-hybridized carbons (Fsp3) is 0.400. The van der Waals surface area contributed by atoms with Crippen molar-refractivity contribution in [1.82, 2.24) is 9.80 Å². The fourth-order valence-electron chi connectivity index (χ4n) is 3.81. The summed E-state index contributed by atoms with van der Waals surface area (Å²) in [5.74, 6) is -1.10. The summed E-state index contributed by atoms with van der Waals surface area (Å²) in [5, 5.41) is 0. The number of rotatable bonds is 11. The van der Waals surface area contributed by atoms with Gasteiger partial charge in [0.05, 0.1) is 23.3 Å². The number of carbonyl (C=O) groups is 3. The first-order valence-corrected chi connectivity index (χ1v) is 11.0. The lowest BCUT2D eigenvalue weighted by molar-refractivity contribution is 0.0525. The van der Waals surface area contributed by atoms with Crippen LogP contribution in [0.3, 0.4) is 0 Å². The number of ether oxygens (including phenoxy) is 1. The Morgan fingerprint density at radius 1 is 0.935 bits per heavy atom. The van der Waals surface area contributed by atoms with E-state index in [1.54, 1.807) is 13.0 Å². The van der Waals surface area contributed by atoms with Crippen LogP contribution < -0.4 is 0 Å². The monoisotopic (exact) mass is 422 g/mol. The van der Waals surface area contributed by atoms with E-state index in [4.69, 9.17) is 4.74 Å². The highest BCUT2D eigenvalue weighted by atomic mass is 16.5. The van der Waals surface area contributed by atoms with E-state index in [0.717, 1.165) is 38.9 Å². The van der Waals surface area contributed by atoms with Crippen molar-refractivity contribution < 1.29 is 19.1 Å². The molecule has 0 saturated carbocycles. The van der Waals surface area contributed by atoms with E-state index in [9.17, 15) is 14.4 Å². The van der Waals surface area contributed by atoms with Crippen molar-refractivity contribution in [3.63, 3.8) is 0 Å². The Labute approximate surface area is 183 Å². The van der Waals surface area contributed by atoms with Crippen LogP contribution in [0.1, 0.15) is 69.7 Å². The average molecular weight is 423 g/mol. The first kappa shape index (κ1) is 22.7. The molecule has 6 heteroatoms. The smallest absolute Gasteiger partial charge is 0.338 e. The van der Waals surface area contributed by atoms with Gasteiger partial charge in [0.25, 0.3) is 11.8 Å². The molecule has 0 aromatic heterocycles. The summed E-state index contributed by atoms with van der Waals surface area (Å²) >= 11 is 0. The predicted molar refractivity (Wildman–Crippen MR) is 119 cm³/mol. The van der Waals surface area contributed by atoms with E-state index in [1.165, 1.54) is 22.6 Å². The van der Waals surface area contributed by atoms with Crippen LogP contribution in [0.4, 0.5) is 0 Å². The van der Waals surface area contributed by atoms with Crippen LogP contribution in [0, 0.1) is 0 Å². The normalized spacial score (nSPS) is 13.1. The van der Waals surface area contributed by atoms with Gasteiger partial charge in [-0.1, -0.05) is 43.7 Å². The summed E-state index contributed by atoms with van der Waals surface area (Å²) in [6.45, 7) is 7.43. The zero-order valence-corrected chi connectivity index (χ0v) is 18.3. The number of fused-ring (bicyclic) bond motifs is 1. The quantitative estimate of drug-likeness (QED) is 0.309. The molecule has 0 atom stereocenters. The second-order valence-corrected chi connectivity index (χ2v) is 7.66. The molecule has 164 valence electrons. The van der Waals surface area contributed by atoms with Crippen molar-refractivity contribution in [2.75, 3.05) is 26.2 Å². The van der Waals surface area contributed by atoms with Crippen LogP contribution in [-0.4, -0.2) is 53.8 Å². The molecule has 2 aromatic rings. The number of amides is 2. The van der Waals surface area contributed by atoms with Crippen molar-refractivity contribution in [3.05, 3.63) is 70.8 Å². The number of hydrogen-bond acceptors (Lipinski definition) is 5. The zero-order valence-electron chi connectivity index (χ0n) is 18.3. The molecule has 0 radical (unpaired) electrons. The van der Waals surface area contributed by atoms with Gasteiger partial charge in [-0.2, -0.15) is 0 Å². The van der Waals surface area contributed by atoms with E-state index < -0.39 is 5.97 Å². The summed E-state index contributed by atoms with van der Waals surface area (Å²) in [6.07, 6.45) is 2.71. The minimum atomic E-state index is -0.486. The molecule has 6 nitrogen and oxygen atoms in total. The lowest BCUT2D eigenvalue weighted by Gasteiger charge is -2.20.